The summed E-state index contributed by atoms with van der Waals surface area (Å²) in [6.07, 6.45) is 4.42. The number of hydrogen-bond acceptors (Lipinski definition) is 8. The van der Waals surface area contributed by atoms with E-state index in [4.69, 9.17) is 18.9 Å². The largest absolute Gasteiger partial charge is 0.504 e. The minimum absolute atomic E-state index is 0.121. The van der Waals surface area contributed by atoms with Crippen LogP contribution in [0.2, 0.25) is 0 Å². The zero-order valence-corrected chi connectivity index (χ0v) is 16.7. The summed E-state index contributed by atoms with van der Waals surface area (Å²) in [5, 5.41) is 10.0. The van der Waals surface area contributed by atoms with Gasteiger partial charge in [0.05, 0.1) is 0 Å². The second-order valence-electron chi connectivity index (χ2n) is 7.78. The fourth-order valence-corrected chi connectivity index (χ4v) is 4.15. The molecule has 4 heterocycles. The minimum Gasteiger partial charge on any atom is -0.504 e. The average Bonchev–Trinajstić information content (AvgIpc) is 2.77. The molecule has 1 atom stereocenters. The van der Waals surface area contributed by atoms with Gasteiger partial charge in [0, 0.05) is 18.7 Å². The second-order valence-corrected chi connectivity index (χ2v) is 7.78. The number of carbonyl (C=O) groups excluding carboxylic acids is 2. The molecule has 0 aromatic heterocycles. The third-order valence-corrected chi connectivity index (χ3v) is 5.75. The fraction of sp³-hybridized carbons (Fsp3) is 0.304. The van der Waals surface area contributed by atoms with Crippen LogP contribution in [0.15, 0.2) is 48.6 Å². The van der Waals surface area contributed by atoms with E-state index in [1.165, 1.54) is 25.0 Å². The Morgan fingerprint density at radius 1 is 0.871 bits per heavy atom. The number of ether oxygens (including phenoxy) is 4. The summed E-state index contributed by atoms with van der Waals surface area (Å²) in [6.45, 7) is 3.27. The predicted octanol–water partition coefficient (Wildman–Crippen LogP) is 3.04. The highest BCUT2D eigenvalue weighted by Crippen LogP contribution is 2.46. The van der Waals surface area contributed by atoms with Crippen molar-refractivity contribution in [2.75, 3.05) is 19.6 Å². The third-order valence-electron chi connectivity index (χ3n) is 5.75. The number of phenols is 1. The second kappa shape index (κ2) is 7.96. The molecule has 0 aliphatic carbocycles. The average molecular weight is 423 g/mol. The molecular weight excluding hydrogens is 402 g/mol. The first kappa shape index (κ1) is 19.4. The first-order valence-corrected chi connectivity index (χ1v) is 10.2. The molecule has 0 radical (unpaired) electrons. The number of piperidine rings is 3. The van der Waals surface area contributed by atoms with Gasteiger partial charge in [-0.15, -0.1) is 0 Å². The first-order valence-electron chi connectivity index (χ1n) is 10.2. The molecule has 0 saturated carbocycles. The first-order chi connectivity index (χ1) is 15.0. The monoisotopic (exact) mass is 423 g/mol. The van der Waals surface area contributed by atoms with Crippen LogP contribution in [0, 0.1) is 5.92 Å². The quantitative estimate of drug-likeness (QED) is 0.592. The molecule has 6 rings (SSSR count). The van der Waals surface area contributed by atoms with Crippen LogP contribution in [0.4, 0.5) is 0 Å². The van der Waals surface area contributed by atoms with Crippen molar-refractivity contribution in [1.29, 1.82) is 0 Å². The van der Waals surface area contributed by atoms with E-state index < -0.39 is 11.9 Å². The molecule has 2 aromatic rings. The highest BCUT2D eigenvalue weighted by Gasteiger charge is 2.35. The number of nitrogens with zero attached hydrogens (tertiary/aromatic N) is 1. The van der Waals surface area contributed by atoms with E-state index in [9.17, 15) is 14.7 Å². The van der Waals surface area contributed by atoms with Crippen LogP contribution in [0.5, 0.6) is 34.5 Å². The van der Waals surface area contributed by atoms with Gasteiger partial charge in [-0.1, -0.05) is 0 Å². The highest BCUT2D eigenvalue weighted by atomic mass is 16.6. The van der Waals surface area contributed by atoms with Gasteiger partial charge in [0.2, 0.25) is 11.5 Å². The van der Waals surface area contributed by atoms with Gasteiger partial charge in [0.15, 0.2) is 11.5 Å². The van der Waals surface area contributed by atoms with Crippen LogP contribution in [-0.4, -0.2) is 47.7 Å². The lowest BCUT2D eigenvalue weighted by Gasteiger charge is -2.44. The predicted molar refractivity (Wildman–Crippen MR) is 109 cm³/mol. The molecule has 8 heteroatoms. The van der Waals surface area contributed by atoms with Crippen molar-refractivity contribution >= 4 is 11.9 Å². The van der Waals surface area contributed by atoms with Crippen molar-refractivity contribution in [3.8, 4) is 34.5 Å². The number of hydrogen-bond donors (Lipinski definition) is 1. The van der Waals surface area contributed by atoms with Crippen molar-refractivity contribution in [1.82, 2.24) is 4.90 Å². The van der Waals surface area contributed by atoms with E-state index in [2.05, 4.69) is 4.90 Å². The van der Waals surface area contributed by atoms with E-state index in [-0.39, 0.29) is 29.1 Å². The van der Waals surface area contributed by atoms with Gasteiger partial charge >= 0.3 is 11.9 Å². The fourth-order valence-electron chi connectivity index (χ4n) is 4.15. The molecule has 3 fully saturated rings. The molecule has 2 bridgehead atoms. The van der Waals surface area contributed by atoms with Gasteiger partial charge < -0.3 is 24.1 Å². The topological polar surface area (TPSA) is 94.5 Å². The zero-order chi connectivity index (χ0) is 21.4. The van der Waals surface area contributed by atoms with Crippen LogP contribution < -0.4 is 18.9 Å². The Hall–Kier alpha value is -3.52. The van der Waals surface area contributed by atoms with E-state index in [1.807, 2.05) is 12.1 Å². The lowest BCUT2D eigenvalue weighted by atomic mass is 9.86. The standard InChI is InChI=1S/C23H21NO7/c25-17-5-6-18(23-22(17)30-20(26)7-8-21(27)31-23)28-15-1-3-16(4-2-15)29-19-13-24-11-9-14(19)10-12-24/h1-8,14,19,25H,9-13H2/b8-7+/t19-/m0/s1. The molecule has 0 spiro atoms. The molecule has 3 saturated heterocycles. The number of fused-ring (bicyclic) bond motifs is 4. The molecule has 8 nitrogen and oxygen atoms in total. The third kappa shape index (κ3) is 4.06. The Balaban J connectivity index is 1.33. The molecule has 2 aromatic carbocycles. The molecule has 0 amide bonds. The van der Waals surface area contributed by atoms with Crippen molar-refractivity contribution < 1.29 is 33.6 Å². The van der Waals surface area contributed by atoms with E-state index in [0.717, 1.165) is 37.5 Å². The summed E-state index contributed by atoms with van der Waals surface area (Å²) >= 11 is 0. The summed E-state index contributed by atoms with van der Waals surface area (Å²) < 4.78 is 22.3. The normalized spacial score (nSPS) is 25.5. The Morgan fingerprint density at radius 2 is 1.52 bits per heavy atom. The van der Waals surface area contributed by atoms with Crippen molar-refractivity contribution in [2.24, 2.45) is 5.92 Å². The number of rotatable bonds is 4. The van der Waals surface area contributed by atoms with Crippen molar-refractivity contribution in [3.05, 3.63) is 48.6 Å². The minimum atomic E-state index is -0.806. The molecule has 31 heavy (non-hydrogen) atoms. The maximum Gasteiger partial charge on any atom is 0.336 e. The Kier molecular flexibility index (Phi) is 4.99. The summed E-state index contributed by atoms with van der Waals surface area (Å²) in [5.41, 5.74) is 0. The number of aromatic hydroxyl groups is 1. The number of esters is 2. The van der Waals surface area contributed by atoms with E-state index in [1.54, 1.807) is 12.1 Å². The van der Waals surface area contributed by atoms with Gasteiger partial charge in [0.25, 0.3) is 0 Å². The van der Waals surface area contributed by atoms with Crippen LogP contribution >= 0.6 is 0 Å². The molecular formula is C23H21NO7. The van der Waals surface area contributed by atoms with E-state index >= 15 is 0 Å². The lowest BCUT2D eigenvalue weighted by molar-refractivity contribution is -0.133. The number of carbonyl (C=O) groups is 2. The van der Waals surface area contributed by atoms with E-state index in [0.29, 0.717) is 11.7 Å². The Morgan fingerprint density at radius 3 is 2.16 bits per heavy atom. The molecule has 1 N–H and O–H groups in total. The summed E-state index contributed by atoms with van der Waals surface area (Å²) in [5.74, 6) is -0.432. The molecule has 160 valence electrons. The number of phenolic OH excluding ortho intramolecular Hbond substituents is 1. The molecule has 4 aliphatic heterocycles. The Labute approximate surface area is 178 Å². The highest BCUT2D eigenvalue weighted by molar-refractivity contribution is 5.96. The molecule has 4 aliphatic rings. The maximum absolute atomic E-state index is 11.9. The van der Waals surface area contributed by atoms with Gasteiger partial charge in [-0.05, 0) is 68.2 Å². The van der Waals surface area contributed by atoms with Crippen molar-refractivity contribution in [2.45, 2.75) is 18.9 Å². The van der Waals surface area contributed by atoms with Crippen LogP contribution in [0.3, 0.4) is 0 Å². The zero-order valence-electron chi connectivity index (χ0n) is 16.7. The maximum atomic E-state index is 11.9. The SMILES string of the molecule is O=C1/C=C/C(=O)Oc2c(Oc3ccc(O[C@H]4CN5CCC4CC5)cc3)ccc(O)c2O1. The van der Waals surface area contributed by atoms with Gasteiger partial charge in [-0.2, -0.15) is 0 Å². The van der Waals surface area contributed by atoms with Gasteiger partial charge in [-0.25, -0.2) is 9.59 Å². The van der Waals surface area contributed by atoms with Crippen molar-refractivity contribution in [3.63, 3.8) is 0 Å². The Bertz CT molecular complexity index is 1040. The summed E-state index contributed by atoms with van der Waals surface area (Å²) in [7, 11) is 0. The van der Waals surface area contributed by atoms with Gasteiger partial charge in [0.1, 0.15) is 17.6 Å². The summed E-state index contributed by atoms with van der Waals surface area (Å²) in [6, 6.07) is 9.86. The van der Waals surface area contributed by atoms with Crippen LogP contribution in [-0.2, 0) is 9.59 Å². The number of benzene rings is 2. The summed E-state index contributed by atoms with van der Waals surface area (Å²) in [4.78, 5) is 26.0. The van der Waals surface area contributed by atoms with Gasteiger partial charge in [-0.3, -0.25) is 4.90 Å². The van der Waals surface area contributed by atoms with Crippen LogP contribution in [0.1, 0.15) is 12.8 Å². The smallest absolute Gasteiger partial charge is 0.336 e. The van der Waals surface area contributed by atoms with Crippen LogP contribution in [0.25, 0.3) is 0 Å². The molecule has 0 unspecified atom stereocenters. The lowest BCUT2D eigenvalue weighted by Crippen LogP contribution is -2.52.